The van der Waals surface area contributed by atoms with Gasteiger partial charge >= 0.3 is 5.95 Å². The van der Waals surface area contributed by atoms with Gasteiger partial charge in [0.25, 0.3) is 0 Å². The normalized spacial score (nSPS) is 11.4. The van der Waals surface area contributed by atoms with Gasteiger partial charge in [0.1, 0.15) is 11.0 Å². The number of unbranched alkanes of at least 4 members (excludes halogenated alkanes) is 6. The molecule has 4 heteroatoms. The number of rotatable bonds is 11. The van der Waals surface area contributed by atoms with Crippen molar-refractivity contribution >= 4 is 27.8 Å². The second kappa shape index (κ2) is 10.3. The Balaban J connectivity index is 1.49. The van der Waals surface area contributed by atoms with Gasteiger partial charge in [0, 0.05) is 0 Å². The fourth-order valence-electron chi connectivity index (χ4n) is 4.40. The number of benzene rings is 3. The van der Waals surface area contributed by atoms with E-state index in [9.17, 15) is 5.11 Å². The third kappa shape index (κ3) is 5.01. The van der Waals surface area contributed by atoms with Gasteiger partial charge in [0.15, 0.2) is 0 Å². The van der Waals surface area contributed by atoms with E-state index in [2.05, 4.69) is 52.1 Å². The maximum absolute atomic E-state index is 12.6. The molecule has 1 aromatic heterocycles. The molecule has 1 heterocycles. The fourth-order valence-corrected chi connectivity index (χ4v) is 4.40. The lowest BCUT2D eigenvalue weighted by atomic mass is 10.0. The number of hydrogen-bond acceptors (Lipinski definition) is 2. The molecule has 0 aliphatic rings. The quantitative estimate of drug-likeness (QED) is 0.232. The summed E-state index contributed by atoms with van der Waals surface area (Å²) in [5, 5.41) is 18.2. The first-order chi connectivity index (χ1) is 15.3. The Kier molecular flexibility index (Phi) is 7.08. The molecule has 162 valence electrons. The molecule has 0 bridgehead atoms. The van der Waals surface area contributed by atoms with Crippen molar-refractivity contribution in [3.8, 4) is 5.75 Å². The Morgan fingerprint density at radius 1 is 0.839 bits per heavy atom. The standard InChI is InChI=1S/C27H33N3O/c1-2-3-4-5-6-7-12-19-30-25-16-11-10-15-24(25)29-27(30)28-20-23-22-14-9-8-13-21(22)17-18-26(23)31/h8-11,13-18H,2-7,12,19-20H2,1H3,(H2,28,29,31). The number of aromatic amines is 1. The molecule has 0 spiro atoms. The van der Waals surface area contributed by atoms with Crippen molar-refractivity contribution in [3.63, 3.8) is 0 Å². The number of fused-ring (bicyclic) bond motifs is 2. The summed E-state index contributed by atoms with van der Waals surface area (Å²) in [5.74, 6) is 1.06. The molecule has 4 aromatic rings. The Hall–Kier alpha value is -3.01. The van der Waals surface area contributed by atoms with Crippen LogP contribution in [0.3, 0.4) is 0 Å². The number of anilines is 1. The predicted octanol–water partition coefficient (Wildman–Crippen LogP) is 6.04. The minimum Gasteiger partial charge on any atom is -0.872 e. The van der Waals surface area contributed by atoms with Gasteiger partial charge in [-0.3, -0.25) is 5.32 Å². The first-order valence-corrected chi connectivity index (χ1v) is 11.7. The van der Waals surface area contributed by atoms with Gasteiger partial charge in [0.2, 0.25) is 0 Å². The highest BCUT2D eigenvalue weighted by atomic mass is 16.3. The number of aryl methyl sites for hydroxylation is 1. The summed E-state index contributed by atoms with van der Waals surface area (Å²) < 4.78 is 2.33. The van der Waals surface area contributed by atoms with Crippen LogP contribution in [-0.2, 0) is 13.1 Å². The summed E-state index contributed by atoms with van der Waals surface area (Å²) in [6, 6.07) is 20.1. The van der Waals surface area contributed by atoms with Crippen LogP contribution in [0.25, 0.3) is 21.8 Å². The summed E-state index contributed by atoms with van der Waals surface area (Å²) in [5.41, 5.74) is 3.14. The van der Waals surface area contributed by atoms with Gasteiger partial charge in [-0.25, -0.2) is 9.55 Å². The van der Waals surface area contributed by atoms with Crippen molar-refractivity contribution in [3.05, 3.63) is 66.2 Å². The Morgan fingerprint density at radius 2 is 1.58 bits per heavy atom. The van der Waals surface area contributed by atoms with Crippen LogP contribution < -0.4 is 15.0 Å². The summed E-state index contributed by atoms with van der Waals surface area (Å²) in [6.45, 7) is 3.74. The fraction of sp³-hybridized carbons (Fsp3) is 0.370. The summed E-state index contributed by atoms with van der Waals surface area (Å²) >= 11 is 0. The van der Waals surface area contributed by atoms with Crippen molar-refractivity contribution in [2.75, 3.05) is 5.32 Å². The largest absolute Gasteiger partial charge is 0.872 e. The van der Waals surface area contributed by atoms with Crippen molar-refractivity contribution in [1.29, 1.82) is 0 Å². The van der Waals surface area contributed by atoms with Gasteiger partial charge in [-0.15, -0.1) is 5.75 Å². The van der Waals surface area contributed by atoms with E-state index < -0.39 is 0 Å². The van der Waals surface area contributed by atoms with Gasteiger partial charge in [-0.05, 0) is 34.9 Å². The van der Waals surface area contributed by atoms with Crippen molar-refractivity contribution in [2.45, 2.75) is 65.0 Å². The Morgan fingerprint density at radius 3 is 2.45 bits per heavy atom. The lowest BCUT2D eigenvalue weighted by Crippen LogP contribution is -2.36. The van der Waals surface area contributed by atoms with Crippen LogP contribution in [0.2, 0.25) is 0 Å². The highest BCUT2D eigenvalue weighted by Gasteiger charge is 2.17. The first kappa shape index (κ1) is 21.2. The Labute approximate surface area is 184 Å². The number of H-pyrrole nitrogens is 1. The molecule has 0 unspecified atom stereocenters. The summed E-state index contributed by atoms with van der Waals surface area (Å²) in [6.07, 6.45) is 9.05. The van der Waals surface area contributed by atoms with Crippen molar-refractivity contribution in [1.82, 2.24) is 4.98 Å². The zero-order valence-electron chi connectivity index (χ0n) is 18.5. The molecule has 0 aliphatic heterocycles. The molecule has 0 saturated carbocycles. The van der Waals surface area contributed by atoms with Gasteiger partial charge in [-0.2, -0.15) is 0 Å². The number of nitrogens with one attached hydrogen (secondary N) is 2. The number of hydrogen-bond donors (Lipinski definition) is 2. The van der Waals surface area contributed by atoms with E-state index in [4.69, 9.17) is 0 Å². The van der Waals surface area contributed by atoms with Crippen LogP contribution in [0, 0.1) is 0 Å². The zero-order chi connectivity index (χ0) is 21.5. The second-order valence-corrected chi connectivity index (χ2v) is 8.38. The van der Waals surface area contributed by atoms with Crippen LogP contribution in [-0.4, -0.2) is 4.98 Å². The molecule has 0 fully saturated rings. The molecule has 3 aromatic carbocycles. The van der Waals surface area contributed by atoms with E-state index in [-0.39, 0.29) is 5.75 Å². The molecule has 0 aliphatic carbocycles. The van der Waals surface area contributed by atoms with Crippen LogP contribution in [0.4, 0.5) is 5.95 Å². The molecule has 2 N–H and O–H groups in total. The van der Waals surface area contributed by atoms with Crippen molar-refractivity contribution in [2.24, 2.45) is 0 Å². The van der Waals surface area contributed by atoms with E-state index in [1.807, 2.05) is 24.3 Å². The van der Waals surface area contributed by atoms with Crippen molar-refractivity contribution < 1.29 is 9.67 Å². The number of imidazole rings is 1. The minimum absolute atomic E-state index is 0.0842. The predicted molar refractivity (Wildman–Crippen MR) is 127 cm³/mol. The highest BCUT2D eigenvalue weighted by molar-refractivity contribution is 5.87. The first-order valence-electron chi connectivity index (χ1n) is 11.7. The third-order valence-corrected chi connectivity index (χ3v) is 6.13. The van der Waals surface area contributed by atoms with Gasteiger partial charge in [0.05, 0.1) is 13.1 Å². The van der Waals surface area contributed by atoms with Crippen LogP contribution >= 0.6 is 0 Å². The Bertz CT molecular complexity index is 1130. The van der Waals surface area contributed by atoms with Crippen LogP contribution in [0.1, 0.15) is 57.4 Å². The van der Waals surface area contributed by atoms with E-state index >= 15 is 0 Å². The molecule has 0 radical (unpaired) electrons. The summed E-state index contributed by atoms with van der Waals surface area (Å²) in [4.78, 5) is 3.52. The topological polar surface area (TPSA) is 54.8 Å². The molecule has 4 nitrogen and oxygen atoms in total. The number of para-hydroxylation sites is 2. The van der Waals surface area contributed by atoms with Gasteiger partial charge < -0.3 is 5.11 Å². The van der Waals surface area contributed by atoms with Crippen LogP contribution in [0.15, 0.2) is 60.7 Å². The van der Waals surface area contributed by atoms with E-state index in [1.54, 1.807) is 6.07 Å². The molecule has 4 rings (SSSR count). The van der Waals surface area contributed by atoms with E-state index in [0.717, 1.165) is 40.8 Å². The molecular formula is C27H33N3O. The van der Waals surface area contributed by atoms with Crippen LogP contribution in [0.5, 0.6) is 5.75 Å². The van der Waals surface area contributed by atoms with Gasteiger partial charge in [-0.1, -0.05) is 94.0 Å². The molecule has 31 heavy (non-hydrogen) atoms. The summed E-state index contributed by atoms with van der Waals surface area (Å²) in [7, 11) is 0. The smallest absolute Gasteiger partial charge is 0.356 e. The lowest BCUT2D eigenvalue weighted by molar-refractivity contribution is -0.657. The maximum Gasteiger partial charge on any atom is 0.356 e. The SMILES string of the molecule is CCCCCCCCC[n+]1c(NCc2c([O-])ccc3ccccc23)[nH]c2ccccc21. The number of aromatic nitrogens is 2. The minimum atomic E-state index is 0.0842. The molecule has 0 saturated heterocycles. The second-order valence-electron chi connectivity index (χ2n) is 8.38. The van der Waals surface area contributed by atoms with E-state index in [1.165, 1.54) is 44.0 Å². The van der Waals surface area contributed by atoms with E-state index in [0.29, 0.717) is 6.54 Å². The zero-order valence-corrected chi connectivity index (χ0v) is 18.5. The maximum atomic E-state index is 12.6. The monoisotopic (exact) mass is 415 g/mol. The molecule has 0 atom stereocenters. The molecular weight excluding hydrogens is 382 g/mol. The highest BCUT2D eigenvalue weighted by Crippen LogP contribution is 2.26. The number of nitrogens with zero attached hydrogens (tertiary/aromatic N) is 1. The third-order valence-electron chi connectivity index (χ3n) is 6.13. The lowest BCUT2D eigenvalue weighted by Gasteiger charge is -2.15. The molecule has 0 amide bonds. The average molecular weight is 416 g/mol. The average Bonchev–Trinajstić information content (AvgIpc) is 3.15.